The molecule has 1 rings (SSSR count). The minimum atomic E-state index is -4.49. The summed E-state index contributed by atoms with van der Waals surface area (Å²) in [5.74, 6) is -0.566. The number of carbonyl (C=O) groups excluding carboxylic acids is 1. The number of aliphatic hydroxyl groups is 1. The van der Waals surface area contributed by atoms with Gasteiger partial charge < -0.3 is 15.2 Å². The molecule has 0 saturated heterocycles. The summed E-state index contributed by atoms with van der Waals surface area (Å²) in [5.41, 5.74) is -0.781. The summed E-state index contributed by atoms with van der Waals surface area (Å²) in [4.78, 5) is 11.5. The Morgan fingerprint density at radius 3 is 2.77 bits per heavy atom. The SMILES string of the molecule is COCC(O)CNC(=O)/C=C/c1cc(C(F)(F)F)ccc1Cl. The molecule has 0 aliphatic heterocycles. The number of benzene rings is 1. The van der Waals surface area contributed by atoms with Crippen LogP contribution in [0.25, 0.3) is 6.08 Å². The fraction of sp³-hybridized carbons (Fsp3) is 0.357. The highest BCUT2D eigenvalue weighted by Crippen LogP contribution is 2.32. The highest BCUT2D eigenvalue weighted by Gasteiger charge is 2.30. The van der Waals surface area contributed by atoms with Gasteiger partial charge in [-0.15, -0.1) is 0 Å². The van der Waals surface area contributed by atoms with Gasteiger partial charge in [0.05, 0.1) is 18.3 Å². The summed E-state index contributed by atoms with van der Waals surface area (Å²) in [6.07, 6.45) is -3.13. The molecule has 1 aromatic rings. The average molecular weight is 338 g/mol. The standard InChI is InChI=1S/C14H15ClF3NO3/c1-22-8-11(20)7-19-13(21)5-2-9-6-10(14(16,17)18)3-4-12(9)15/h2-6,11,20H,7-8H2,1H3,(H,19,21)/b5-2+. The van der Waals surface area contributed by atoms with E-state index in [0.717, 1.165) is 24.3 Å². The van der Waals surface area contributed by atoms with Crippen molar-refractivity contribution in [3.8, 4) is 0 Å². The maximum atomic E-state index is 12.6. The topological polar surface area (TPSA) is 58.6 Å². The van der Waals surface area contributed by atoms with E-state index in [-0.39, 0.29) is 23.7 Å². The lowest BCUT2D eigenvalue weighted by Gasteiger charge is -2.09. The number of ether oxygens (including phenoxy) is 1. The maximum Gasteiger partial charge on any atom is 0.416 e. The van der Waals surface area contributed by atoms with Crippen LogP contribution < -0.4 is 5.32 Å². The van der Waals surface area contributed by atoms with Crippen LogP contribution in [0.3, 0.4) is 0 Å². The minimum absolute atomic E-state index is 0.0344. The van der Waals surface area contributed by atoms with Gasteiger partial charge in [0.25, 0.3) is 0 Å². The summed E-state index contributed by atoms with van der Waals surface area (Å²) in [5, 5.41) is 11.8. The monoisotopic (exact) mass is 337 g/mol. The molecule has 1 amide bonds. The second-order valence-electron chi connectivity index (χ2n) is 4.42. The average Bonchev–Trinajstić information content (AvgIpc) is 2.43. The zero-order valence-corrected chi connectivity index (χ0v) is 12.4. The van der Waals surface area contributed by atoms with Crippen LogP contribution in [0.4, 0.5) is 13.2 Å². The molecule has 0 saturated carbocycles. The third-order valence-corrected chi connectivity index (χ3v) is 2.95. The fourth-order valence-electron chi connectivity index (χ4n) is 1.54. The summed E-state index contributed by atoms with van der Waals surface area (Å²) in [7, 11) is 1.40. The number of methoxy groups -OCH3 is 1. The van der Waals surface area contributed by atoms with Crippen LogP contribution in [0, 0.1) is 0 Å². The molecule has 122 valence electrons. The molecular formula is C14H15ClF3NO3. The molecule has 22 heavy (non-hydrogen) atoms. The third-order valence-electron chi connectivity index (χ3n) is 2.61. The number of alkyl halides is 3. The number of hydrogen-bond acceptors (Lipinski definition) is 3. The lowest BCUT2D eigenvalue weighted by atomic mass is 10.1. The molecule has 0 spiro atoms. The van der Waals surface area contributed by atoms with Crippen molar-refractivity contribution in [3.63, 3.8) is 0 Å². The van der Waals surface area contributed by atoms with E-state index in [2.05, 4.69) is 10.1 Å². The van der Waals surface area contributed by atoms with Gasteiger partial charge in [0, 0.05) is 24.8 Å². The predicted molar refractivity (Wildman–Crippen MR) is 76.4 cm³/mol. The number of nitrogens with one attached hydrogen (secondary N) is 1. The smallest absolute Gasteiger partial charge is 0.389 e. The van der Waals surface area contributed by atoms with E-state index in [1.54, 1.807) is 0 Å². The van der Waals surface area contributed by atoms with Crippen molar-refractivity contribution in [2.75, 3.05) is 20.3 Å². The molecule has 0 radical (unpaired) electrons. The third kappa shape index (κ3) is 6.05. The second kappa shape index (κ2) is 8.17. The Balaban J connectivity index is 2.71. The van der Waals surface area contributed by atoms with Gasteiger partial charge in [0.2, 0.25) is 5.91 Å². The molecule has 0 fully saturated rings. The van der Waals surface area contributed by atoms with Crippen LogP contribution in [0.15, 0.2) is 24.3 Å². The number of amides is 1. The van der Waals surface area contributed by atoms with Crippen LogP contribution in [0.5, 0.6) is 0 Å². The zero-order valence-electron chi connectivity index (χ0n) is 11.7. The Hall–Kier alpha value is -1.57. The van der Waals surface area contributed by atoms with Crippen LogP contribution in [-0.4, -0.2) is 37.4 Å². The second-order valence-corrected chi connectivity index (χ2v) is 4.83. The molecule has 0 aliphatic rings. The van der Waals surface area contributed by atoms with E-state index in [0.29, 0.717) is 0 Å². The van der Waals surface area contributed by atoms with Crippen molar-refractivity contribution in [2.24, 2.45) is 0 Å². The molecule has 1 aromatic carbocycles. The Morgan fingerprint density at radius 2 is 2.18 bits per heavy atom. The van der Waals surface area contributed by atoms with Gasteiger partial charge in [-0.2, -0.15) is 13.2 Å². The molecule has 0 heterocycles. The molecule has 0 aliphatic carbocycles. The summed E-state index contributed by atoms with van der Waals surface area (Å²) >= 11 is 5.79. The van der Waals surface area contributed by atoms with E-state index in [1.807, 2.05) is 0 Å². The predicted octanol–water partition coefficient (Wildman–Crippen LogP) is 2.50. The molecule has 2 N–H and O–H groups in total. The van der Waals surface area contributed by atoms with Gasteiger partial charge in [-0.05, 0) is 29.8 Å². The van der Waals surface area contributed by atoms with Crippen molar-refractivity contribution in [2.45, 2.75) is 12.3 Å². The summed E-state index contributed by atoms with van der Waals surface area (Å²) < 4.78 is 42.5. The number of aliphatic hydroxyl groups excluding tert-OH is 1. The Morgan fingerprint density at radius 1 is 1.50 bits per heavy atom. The first kappa shape index (κ1) is 18.5. The lowest BCUT2D eigenvalue weighted by molar-refractivity contribution is -0.137. The van der Waals surface area contributed by atoms with Gasteiger partial charge in [0.15, 0.2) is 0 Å². The summed E-state index contributed by atoms with van der Waals surface area (Å²) in [6, 6.07) is 2.83. The molecular weight excluding hydrogens is 323 g/mol. The van der Waals surface area contributed by atoms with Crippen molar-refractivity contribution >= 4 is 23.6 Å². The first-order valence-electron chi connectivity index (χ1n) is 6.23. The normalized spacial score (nSPS) is 13.4. The molecule has 0 bridgehead atoms. The quantitative estimate of drug-likeness (QED) is 0.784. The van der Waals surface area contributed by atoms with Crippen LogP contribution in [-0.2, 0) is 15.7 Å². The van der Waals surface area contributed by atoms with Crippen LogP contribution in [0.2, 0.25) is 5.02 Å². The number of hydrogen-bond donors (Lipinski definition) is 2. The number of rotatable bonds is 6. The van der Waals surface area contributed by atoms with Gasteiger partial charge in [-0.3, -0.25) is 4.79 Å². The first-order valence-corrected chi connectivity index (χ1v) is 6.61. The van der Waals surface area contributed by atoms with Crippen LogP contribution in [0.1, 0.15) is 11.1 Å². The van der Waals surface area contributed by atoms with Crippen molar-refractivity contribution < 1.29 is 27.8 Å². The van der Waals surface area contributed by atoms with Gasteiger partial charge in [-0.1, -0.05) is 11.6 Å². The van der Waals surface area contributed by atoms with E-state index in [1.165, 1.54) is 13.2 Å². The molecule has 4 nitrogen and oxygen atoms in total. The Labute approximate surface area is 130 Å². The molecule has 0 aromatic heterocycles. The summed E-state index contributed by atoms with van der Waals surface area (Å²) in [6.45, 7) is 0.0246. The van der Waals surface area contributed by atoms with E-state index in [4.69, 9.17) is 11.6 Å². The van der Waals surface area contributed by atoms with E-state index < -0.39 is 23.8 Å². The fourth-order valence-corrected chi connectivity index (χ4v) is 1.72. The molecule has 1 unspecified atom stereocenters. The van der Waals surface area contributed by atoms with Gasteiger partial charge >= 0.3 is 6.18 Å². The Bertz CT molecular complexity index is 547. The zero-order chi connectivity index (χ0) is 16.8. The van der Waals surface area contributed by atoms with Crippen molar-refractivity contribution in [1.29, 1.82) is 0 Å². The minimum Gasteiger partial charge on any atom is -0.389 e. The lowest BCUT2D eigenvalue weighted by Crippen LogP contribution is -2.33. The maximum absolute atomic E-state index is 12.6. The van der Waals surface area contributed by atoms with E-state index in [9.17, 15) is 23.1 Å². The molecule has 1 atom stereocenters. The van der Waals surface area contributed by atoms with Gasteiger partial charge in [-0.25, -0.2) is 0 Å². The van der Waals surface area contributed by atoms with E-state index >= 15 is 0 Å². The molecule has 8 heteroatoms. The largest absolute Gasteiger partial charge is 0.416 e. The first-order chi connectivity index (χ1) is 10.2. The number of carbonyl (C=O) groups is 1. The van der Waals surface area contributed by atoms with Crippen molar-refractivity contribution in [1.82, 2.24) is 5.32 Å². The highest BCUT2D eigenvalue weighted by atomic mass is 35.5. The highest BCUT2D eigenvalue weighted by molar-refractivity contribution is 6.32. The van der Waals surface area contributed by atoms with Crippen LogP contribution >= 0.6 is 11.6 Å². The van der Waals surface area contributed by atoms with Crippen molar-refractivity contribution in [3.05, 3.63) is 40.4 Å². The Kier molecular flexibility index (Phi) is 6.86. The van der Waals surface area contributed by atoms with Gasteiger partial charge in [0.1, 0.15) is 0 Å². The number of halogens is 4.